The zero-order valence-electron chi connectivity index (χ0n) is 11.2. The van der Waals surface area contributed by atoms with E-state index in [-0.39, 0.29) is 24.4 Å². The molecule has 19 heavy (non-hydrogen) atoms. The Balaban J connectivity index is 2.89. The van der Waals surface area contributed by atoms with Crippen molar-refractivity contribution in [2.45, 2.75) is 33.4 Å². The second kappa shape index (κ2) is 7.35. The molecule has 1 aromatic rings. The van der Waals surface area contributed by atoms with Gasteiger partial charge in [0.05, 0.1) is 6.61 Å². The molecule has 0 amide bonds. The summed E-state index contributed by atoms with van der Waals surface area (Å²) >= 11 is 0. The summed E-state index contributed by atoms with van der Waals surface area (Å²) in [5, 5.41) is 0. The molecule has 0 N–H and O–H groups in total. The molecule has 1 heterocycles. The van der Waals surface area contributed by atoms with E-state index in [1.54, 1.807) is 6.92 Å². The smallest absolute Gasteiger partial charge is 0.331 e. The van der Waals surface area contributed by atoms with Crippen molar-refractivity contribution in [1.82, 2.24) is 9.13 Å². The van der Waals surface area contributed by atoms with Crippen molar-refractivity contribution in [3.05, 3.63) is 45.3 Å². The Morgan fingerprint density at radius 3 is 2.74 bits per heavy atom. The SMILES string of the molecule is CCCn1ccc(=O)n(C/C=C/C(=O)OCC)c1=O. The van der Waals surface area contributed by atoms with E-state index >= 15 is 0 Å². The fourth-order valence-corrected chi connectivity index (χ4v) is 1.58. The minimum absolute atomic E-state index is 0.0566. The second-order valence-corrected chi connectivity index (χ2v) is 3.89. The Morgan fingerprint density at radius 1 is 1.37 bits per heavy atom. The van der Waals surface area contributed by atoms with E-state index in [0.717, 1.165) is 11.0 Å². The van der Waals surface area contributed by atoms with E-state index in [9.17, 15) is 14.4 Å². The lowest BCUT2D eigenvalue weighted by atomic mass is 10.4. The van der Waals surface area contributed by atoms with Crippen LogP contribution >= 0.6 is 0 Å². The fourth-order valence-electron chi connectivity index (χ4n) is 1.58. The van der Waals surface area contributed by atoms with Gasteiger partial charge in [-0.1, -0.05) is 13.0 Å². The lowest BCUT2D eigenvalue weighted by Gasteiger charge is -2.06. The van der Waals surface area contributed by atoms with Gasteiger partial charge in [-0.05, 0) is 13.3 Å². The van der Waals surface area contributed by atoms with E-state index in [1.165, 1.54) is 29.0 Å². The molecule has 0 aliphatic heterocycles. The molecule has 0 radical (unpaired) electrons. The molecule has 104 valence electrons. The Hall–Kier alpha value is -2.11. The predicted octanol–water partition coefficient (Wildman–Crippen LogP) is 0.539. The maximum absolute atomic E-state index is 12.0. The maximum atomic E-state index is 12.0. The van der Waals surface area contributed by atoms with Gasteiger partial charge < -0.3 is 9.30 Å². The summed E-state index contributed by atoms with van der Waals surface area (Å²) in [4.78, 5) is 34.6. The normalized spacial score (nSPS) is 10.8. The van der Waals surface area contributed by atoms with Crippen LogP contribution in [-0.2, 0) is 22.6 Å². The molecular formula is C13H18N2O4. The van der Waals surface area contributed by atoms with Gasteiger partial charge in [0.15, 0.2) is 0 Å². The molecular weight excluding hydrogens is 248 g/mol. The molecule has 0 bridgehead atoms. The van der Waals surface area contributed by atoms with Crippen LogP contribution in [0.5, 0.6) is 0 Å². The molecule has 0 spiro atoms. The number of aryl methyl sites for hydroxylation is 1. The van der Waals surface area contributed by atoms with Gasteiger partial charge >= 0.3 is 11.7 Å². The highest BCUT2D eigenvalue weighted by Crippen LogP contribution is 1.86. The van der Waals surface area contributed by atoms with Crippen molar-refractivity contribution in [3.63, 3.8) is 0 Å². The summed E-state index contributed by atoms with van der Waals surface area (Å²) in [6, 6.07) is 1.34. The summed E-state index contributed by atoms with van der Waals surface area (Å²) in [7, 11) is 0. The fraction of sp³-hybridized carbons (Fsp3) is 0.462. The standard InChI is InChI=1S/C13H18N2O4/c1-3-8-14-10-7-11(16)15(13(14)18)9-5-6-12(17)19-4-2/h5-7,10H,3-4,8-9H2,1-2H3/b6-5+. The first-order valence-corrected chi connectivity index (χ1v) is 6.23. The number of allylic oxidation sites excluding steroid dienone is 1. The maximum Gasteiger partial charge on any atom is 0.331 e. The Morgan fingerprint density at radius 2 is 2.11 bits per heavy atom. The number of hydrogen-bond acceptors (Lipinski definition) is 4. The third-order valence-electron chi connectivity index (χ3n) is 2.43. The van der Waals surface area contributed by atoms with E-state index < -0.39 is 5.97 Å². The molecule has 0 atom stereocenters. The van der Waals surface area contributed by atoms with Crippen LogP contribution in [-0.4, -0.2) is 21.7 Å². The topological polar surface area (TPSA) is 70.3 Å². The molecule has 1 rings (SSSR count). The van der Waals surface area contributed by atoms with Crippen LogP contribution in [0.15, 0.2) is 34.0 Å². The van der Waals surface area contributed by atoms with Gasteiger partial charge in [0.25, 0.3) is 5.56 Å². The molecule has 0 saturated carbocycles. The summed E-state index contributed by atoms with van der Waals surface area (Å²) in [5.41, 5.74) is -0.756. The van der Waals surface area contributed by atoms with Gasteiger partial charge in [-0.3, -0.25) is 9.36 Å². The lowest BCUT2D eigenvalue weighted by Crippen LogP contribution is -2.38. The molecule has 6 heteroatoms. The second-order valence-electron chi connectivity index (χ2n) is 3.89. The number of aromatic nitrogens is 2. The zero-order valence-corrected chi connectivity index (χ0v) is 11.2. The van der Waals surface area contributed by atoms with Gasteiger partial charge in [0.1, 0.15) is 0 Å². The minimum atomic E-state index is -0.486. The van der Waals surface area contributed by atoms with Crippen LogP contribution in [0.4, 0.5) is 0 Å². The Bertz CT molecular complexity index is 569. The number of ether oxygens (including phenoxy) is 1. The van der Waals surface area contributed by atoms with Crippen LogP contribution < -0.4 is 11.2 Å². The van der Waals surface area contributed by atoms with Crippen molar-refractivity contribution in [3.8, 4) is 0 Å². The predicted molar refractivity (Wildman–Crippen MR) is 71.0 cm³/mol. The minimum Gasteiger partial charge on any atom is -0.463 e. The van der Waals surface area contributed by atoms with E-state index in [2.05, 4.69) is 0 Å². The first-order chi connectivity index (χ1) is 9.10. The number of carbonyl (C=O) groups excluding carboxylic acids is 1. The van der Waals surface area contributed by atoms with E-state index in [0.29, 0.717) is 6.54 Å². The first kappa shape index (κ1) is 14.9. The highest BCUT2D eigenvalue weighted by molar-refractivity contribution is 5.81. The van der Waals surface area contributed by atoms with Crippen molar-refractivity contribution in [1.29, 1.82) is 0 Å². The van der Waals surface area contributed by atoms with E-state index in [4.69, 9.17) is 4.74 Å². The van der Waals surface area contributed by atoms with Crippen molar-refractivity contribution >= 4 is 5.97 Å². The zero-order chi connectivity index (χ0) is 14.3. The number of esters is 1. The average Bonchev–Trinajstić information content (AvgIpc) is 2.37. The number of nitrogens with zero attached hydrogens (tertiary/aromatic N) is 2. The summed E-state index contributed by atoms with van der Waals surface area (Å²) in [6.07, 6.45) is 4.94. The van der Waals surface area contributed by atoms with Crippen LogP contribution in [0.1, 0.15) is 20.3 Å². The summed E-state index contributed by atoms with van der Waals surface area (Å²) in [6.45, 7) is 4.55. The van der Waals surface area contributed by atoms with Gasteiger partial charge in [0.2, 0.25) is 0 Å². The lowest BCUT2D eigenvalue weighted by molar-refractivity contribution is -0.137. The van der Waals surface area contributed by atoms with Gasteiger partial charge in [0, 0.05) is 31.4 Å². The molecule has 0 unspecified atom stereocenters. The average molecular weight is 266 g/mol. The Kier molecular flexibility index (Phi) is 5.78. The molecule has 1 aromatic heterocycles. The van der Waals surface area contributed by atoms with Crippen molar-refractivity contribution < 1.29 is 9.53 Å². The molecule has 0 aliphatic rings. The quantitative estimate of drug-likeness (QED) is 0.556. The third-order valence-corrected chi connectivity index (χ3v) is 2.43. The van der Waals surface area contributed by atoms with Crippen LogP contribution in [0.25, 0.3) is 0 Å². The molecule has 6 nitrogen and oxygen atoms in total. The van der Waals surface area contributed by atoms with Crippen LogP contribution in [0.3, 0.4) is 0 Å². The summed E-state index contributed by atoms with van der Waals surface area (Å²) < 4.78 is 7.25. The van der Waals surface area contributed by atoms with Gasteiger partial charge in [-0.15, -0.1) is 0 Å². The van der Waals surface area contributed by atoms with E-state index in [1.807, 2.05) is 6.92 Å². The van der Waals surface area contributed by atoms with Gasteiger partial charge in [-0.2, -0.15) is 0 Å². The highest BCUT2D eigenvalue weighted by Gasteiger charge is 2.03. The number of rotatable bonds is 6. The van der Waals surface area contributed by atoms with Crippen molar-refractivity contribution in [2.24, 2.45) is 0 Å². The van der Waals surface area contributed by atoms with Crippen LogP contribution in [0.2, 0.25) is 0 Å². The molecule has 0 aromatic carbocycles. The number of carbonyl (C=O) groups is 1. The summed E-state index contributed by atoms with van der Waals surface area (Å²) in [5.74, 6) is -0.486. The van der Waals surface area contributed by atoms with Crippen molar-refractivity contribution in [2.75, 3.05) is 6.61 Å². The first-order valence-electron chi connectivity index (χ1n) is 6.23. The number of hydrogen-bond donors (Lipinski definition) is 0. The molecule has 0 fully saturated rings. The third kappa shape index (κ3) is 4.24. The Labute approximate surface area is 110 Å². The van der Waals surface area contributed by atoms with Gasteiger partial charge in [-0.25, -0.2) is 9.59 Å². The highest BCUT2D eigenvalue weighted by atomic mass is 16.5. The monoisotopic (exact) mass is 266 g/mol. The van der Waals surface area contributed by atoms with Crippen LogP contribution in [0, 0.1) is 0 Å². The molecule has 0 aliphatic carbocycles. The largest absolute Gasteiger partial charge is 0.463 e. The molecule has 0 saturated heterocycles.